The first-order valence-corrected chi connectivity index (χ1v) is 5.21. The highest BCUT2D eigenvalue weighted by Crippen LogP contribution is 2.07. The number of aliphatic hydroxyl groups is 2. The first-order chi connectivity index (χ1) is 7.65. The van der Waals surface area contributed by atoms with Crippen molar-refractivity contribution in [3.8, 4) is 0 Å². The molecule has 0 fully saturated rings. The SMILES string of the molecule is CCOC(=O)[C@@H](O)[C@H](O)Cc1ccccc1. The molecule has 0 aliphatic rings. The van der Waals surface area contributed by atoms with E-state index in [1.807, 2.05) is 30.3 Å². The summed E-state index contributed by atoms with van der Waals surface area (Å²) in [6, 6.07) is 9.16. The quantitative estimate of drug-likeness (QED) is 0.715. The number of carbonyl (C=O) groups excluding carboxylic acids is 1. The lowest BCUT2D eigenvalue weighted by Crippen LogP contribution is -2.36. The van der Waals surface area contributed by atoms with Crippen LogP contribution < -0.4 is 0 Å². The van der Waals surface area contributed by atoms with Crippen molar-refractivity contribution in [2.75, 3.05) is 6.61 Å². The van der Waals surface area contributed by atoms with Crippen LogP contribution in [0, 0.1) is 0 Å². The molecule has 0 aromatic heterocycles. The van der Waals surface area contributed by atoms with Crippen molar-refractivity contribution in [1.29, 1.82) is 0 Å². The van der Waals surface area contributed by atoms with Gasteiger partial charge in [0.1, 0.15) is 0 Å². The average Bonchev–Trinajstić information content (AvgIpc) is 2.29. The predicted molar refractivity (Wildman–Crippen MR) is 58.8 cm³/mol. The van der Waals surface area contributed by atoms with Crippen LogP contribution in [-0.2, 0) is 16.0 Å². The molecule has 0 bridgehead atoms. The predicted octanol–water partition coefficient (Wildman–Crippen LogP) is 0.514. The number of aliphatic hydroxyl groups excluding tert-OH is 2. The fourth-order valence-corrected chi connectivity index (χ4v) is 1.35. The van der Waals surface area contributed by atoms with Gasteiger partial charge in [-0.05, 0) is 12.5 Å². The molecule has 4 nitrogen and oxygen atoms in total. The second-order valence-electron chi connectivity index (χ2n) is 3.45. The van der Waals surface area contributed by atoms with Gasteiger partial charge >= 0.3 is 5.97 Å². The maximum absolute atomic E-state index is 11.1. The monoisotopic (exact) mass is 224 g/mol. The lowest BCUT2D eigenvalue weighted by atomic mass is 10.0. The summed E-state index contributed by atoms with van der Waals surface area (Å²) in [5, 5.41) is 19.1. The summed E-state index contributed by atoms with van der Waals surface area (Å²) in [6.45, 7) is 1.84. The van der Waals surface area contributed by atoms with Gasteiger partial charge in [-0.15, -0.1) is 0 Å². The van der Waals surface area contributed by atoms with Crippen molar-refractivity contribution in [2.24, 2.45) is 0 Å². The van der Waals surface area contributed by atoms with Crippen LogP contribution >= 0.6 is 0 Å². The highest BCUT2D eigenvalue weighted by molar-refractivity contribution is 5.75. The van der Waals surface area contributed by atoms with Crippen molar-refractivity contribution in [3.63, 3.8) is 0 Å². The van der Waals surface area contributed by atoms with E-state index in [-0.39, 0.29) is 13.0 Å². The van der Waals surface area contributed by atoms with Gasteiger partial charge in [0, 0.05) is 6.42 Å². The second-order valence-corrected chi connectivity index (χ2v) is 3.45. The Morgan fingerprint density at radius 1 is 1.31 bits per heavy atom. The van der Waals surface area contributed by atoms with Crippen molar-refractivity contribution in [2.45, 2.75) is 25.6 Å². The molecule has 1 aromatic rings. The summed E-state index contributed by atoms with van der Waals surface area (Å²) in [6.07, 6.45) is -2.40. The third-order valence-electron chi connectivity index (χ3n) is 2.18. The number of carbonyl (C=O) groups is 1. The highest BCUT2D eigenvalue weighted by Gasteiger charge is 2.25. The minimum Gasteiger partial charge on any atom is -0.464 e. The molecule has 0 amide bonds. The summed E-state index contributed by atoms with van der Waals surface area (Å²) in [5.74, 6) is -0.786. The van der Waals surface area contributed by atoms with Crippen LogP contribution in [0.1, 0.15) is 12.5 Å². The zero-order chi connectivity index (χ0) is 12.0. The van der Waals surface area contributed by atoms with Gasteiger partial charge in [0.2, 0.25) is 0 Å². The largest absolute Gasteiger partial charge is 0.464 e. The van der Waals surface area contributed by atoms with Gasteiger partial charge in [0.25, 0.3) is 0 Å². The Bertz CT molecular complexity index is 323. The third-order valence-corrected chi connectivity index (χ3v) is 2.18. The molecule has 0 aliphatic carbocycles. The van der Waals surface area contributed by atoms with Gasteiger partial charge in [-0.1, -0.05) is 30.3 Å². The van der Waals surface area contributed by atoms with Crippen molar-refractivity contribution < 1.29 is 19.7 Å². The van der Waals surface area contributed by atoms with Crippen LogP contribution in [0.15, 0.2) is 30.3 Å². The molecule has 1 rings (SSSR count). The summed E-state index contributed by atoms with van der Waals surface area (Å²) in [7, 11) is 0. The molecule has 88 valence electrons. The zero-order valence-electron chi connectivity index (χ0n) is 9.17. The Morgan fingerprint density at radius 2 is 1.94 bits per heavy atom. The van der Waals surface area contributed by atoms with Gasteiger partial charge < -0.3 is 14.9 Å². The zero-order valence-corrected chi connectivity index (χ0v) is 9.17. The molecular weight excluding hydrogens is 208 g/mol. The highest BCUT2D eigenvalue weighted by atomic mass is 16.5. The molecule has 2 atom stereocenters. The van der Waals surface area contributed by atoms with E-state index < -0.39 is 18.2 Å². The number of esters is 1. The Kier molecular flexibility index (Phi) is 4.95. The number of ether oxygens (including phenoxy) is 1. The van der Waals surface area contributed by atoms with Gasteiger partial charge in [-0.3, -0.25) is 0 Å². The first kappa shape index (κ1) is 12.7. The lowest BCUT2D eigenvalue weighted by molar-refractivity contribution is -0.159. The van der Waals surface area contributed by atoms with Crippen LogP contribution in [0.25, 0.3) is 0 Å². The summed E-state index contributed by atoms with van der Waals surface area (Å²) in [4.78, 5) is 11.1. The standard InChI is InChI=1S/C12H16O4/c1-2-16-12(15)11(14)10(13)8-9-6-4-3-5-7-9/h3-7,10-11,13-14H,2,8H2,1H3/t10-,11+/m1/s1. The van der Waals surface area contributed by atoms with E-state index in [1.54, 1.807) is 6.92 Å². The molecule has 0 unspecified atom stereocenters. The Hall–Kier alpha value is -1.39. The van der Waals surface area contributed by atoms with E-state index in [4.69, 9.17) is 0 Å². The minimum atomic E-state index is -1.49. The van der Waals surface area contributed by atoms with Crippen LogP contribution in [-0.4, -0.2) is 35.0 Å². The summed E-state index contributed by atoms with van der Waals surface area (Å²) < 4.78 is 4.61. The maximum atomic E-state index is 11.1. The molecule has 0 saturated heterocycles. The van der Waals surface area contributed by atoms with E-state index in [2.05, 4.69) is 4.74 Å². The van der Waals surface area contributed by atoms with E-state index in [9.17, 15) is 15.0 Å². The Morgan fingerprint density at radius 3 is 2.50 bits per heavy atom. The van der Waals surface area contributed by atoms with Crippen LogP contribution in [0.2, 0.25) is 0 Å². The lowest BCUT2D eigenvalue weighted by Gasteiger charge is -2.16. The number of hydrogen-bond acceptors (Lipinski definition) is 4. The number of rotatable bonds is 5. The number of hydrogen-bond donors (Lipinski definition) is 2. The van der Waals surface area contributed by atoms with Crippen LogP contribution in [0.3, 0.4) is 0 Å². The fraction of sp³-hybridized carbons (Fsp3) is 0.417. The average molecular weight is 224 g/mol. The molecule has 4 heteroatoms. The topological polar surface area (TPSA) is 66.8 Å². The van der Waals surface area contributed by atoms with E-state index in [0.717, 1.165) is 5.56 Å². The van der Waals surface area contributed by atoms with Gasteiger partial charge in [-0.2, -0.15) is 0 Å². The minimum absolute atomic E-state index is 0.188. The van der Waals surface area contributed by atoms with E-state index in [1.165, 1.54) is 0 Å². The summed E-state index contributed by atoms with van der Waals surface area (Å²) >= 11 is 0. The summed E-state index contributed by atoms with van der Waals surface area (Å²) in [5.41, 5.74) is 0.860. The van der Waals surface area contributed by atoms with Gasteiger partial charge in [-0.25, -0.2) is 4.79 Å². The molecule has 1 aromatic carbocycles. The van der Waals surface area contributed by atoms with Crippen LogP contribution in [0.4, 0.5) is 0 Å². The van der Waals surface area contributed by atoms with Crippen LogP contribution in [0.5, 0.6) is 0 Å². The van der Waals surface area contributed by atoms with Gasteiger partial charge in [0.05, 0.1) is 12.7 Å². The Balaban J connectivity index is 2.52. The first-order valence-electron chi connectivity index (χ1n) is 5.21. The molecule has 0 heterocycles. The molecule has 0 spiro atoms. The molecule has 0 radical (unpaired) electrons. The smallest absolute Gasteiger partial charge is 0.337 e. The molecule has 16 heavy (non-hydrogen) atoms. The van der Waals surface area contributed by atoms with Gasteiger partial charge in [0.15, 0.2) is 6.10 Å². The van der Waals surface area contributed by atoms with Crippen molar-refractivity contribution >= 4 is 5.97 Å². The fourth-order valence-electron chi connectivity index (χ4n) is 1.35. The molecule has 2 N–H and O–H groups in total. The molecular formula is C12H16O4. The normalized spacial score (nSPS) is 14.2. The van der Waals surface area contributed by atoms with Crippen molar-refractivity contribution in [3.05, 3.63) is 35.9 Å². The maximum Gasteiger partial charge on any atom is 0.337 e. The van der Waals surface area contributed by atoms with E-state index in [0.29, 0.717) is 0 Å². The molecule has 0 saturated carbocycles. The van der Waals surface area contributed by atoms with Crippen molar-refractivity contribution in [1.82, 2.24) is 0 Å². The third kappa shape index (κ3) is 3.64. The number of benzene rings is 1. The molecule has 0 aliphatic heterocycles. The van der Waals surface area contributed by atoms with E-state index >= 15 is 0 Å². The Labute approximate surface area is 94.5 Å². The second kappa shape index (κ2) is 6.25.